The first-order valence-electron chi connectivity index (χ1n) is 8.80. The minimum Gasteiger partial charge on any atom is -0.345 e. The molecule has 1 aliphatic rings. The van der Waals surface area contributed by atoms with Crippen molar-refractivity contribution >= 4 is 44.2 Å². The molecule has 2 heterocycles. The van der Waals surface area contributed by atoms with Crippen molar-refractivity contribution in [1.29, 1.82) is 0 Å². The van der Waals surface area contributed by atoms with E-state index in [1.807, 2.05) is 0 Å². The van der Waals surface area contributed by atoms with Crippen molar-refractivity contribution in [3.8, 4) is 0 Å². The Hall–Kier alpha value is -2.18. The largest absolute Gasteiger partial charge is 0.345 e. The standard InChI is InChI=1S/C20H19ClFN3OS/c1-12-3-4-13(2)18-17(12)23-20(27-18)25-9-7-24(8-10-25)19(26)15-6-5-14(22)11-16(15)21/h3-6,11H,7-10H2,1-2H3. The van der Waals surface area contributed by atoms with Gasteiger partial charge in [-0.25, -0.2) is 9.37 Å². The lowest BCUT2D eigenvalue weighted by molar-refractivity contribution is 0.0747. The smallest absolute Gasteiger partial charge is 0.255 e. The highest BCUT2D eigenvalue weighted by Gasteiger charge is 2.25. The fraction of sp³-hybridized carbons (Fsp3) is 0.300. The van der Waals surface area contributed by atoms with Crippen LogP contribution in [0.4, 0.5) is 9.52 Å². The van der Waals surface area contributed by atoms with Gasteiger partial charge in [-0.05, 0) is 43.2 Å². The Morgan fingerprint density at radius 1 is 1.11 bits per heavy atom. The van der Waals surface area contributed by atoms with E-state index in [2.05, 4.69) is 30.9 Å². The highest BCUT2D eigenvalue weighted by molar-refractivity contribution is 7.22. The molecule has 0 spiro atoms. The molecule has 0 saturated carbocycles. The lowest BCUT2D eigenvalue weighted by atomic mass is 10.1. The van der Waals surface area contributed by atoms with Crippen LogP contribution in [0.5, 0.6) is 0 Å². The molecule has 1 aliphatic heterocycles. The summed E-state index contributed by atoms with van der Waals surface area (Å²) in [4.78, 5) is 21.5. The molecule has 0 atom stereocenters. The Labute approximate surface area is 166 Å². The molecule has 4 nitrogen and oxygen atoms in total. The van der Waals surface area contributed by atoms with Crippen LogP contribution in [0.3, 0.4) is 0 Å². The van der Waals surface area contributed by atoms with Crippen molar-refractivity contribution in [2.45, 2.75) is 13.8 Å². The normalized spacial score (nSPS) is 14.8. The SMILES string of the molecule is Cc1ccc(C)c2sc(N3CCN(C(=O)c4ccc(F)cc4Cl)CC3)nc12. The second-order valence-electron chi connectivity index (χ2n) is 6.78. The number of hydrogen-bond donors (Lipinski definition) is 0. The number of benzene rings is 2. The summed E-state index contributed by atoms with van der Waals surface area (Å²) in [7, 11) is 0. The first kappa shape index (κ1) is 18.2. The molecule has 7 heteroatoms. The van der Waals surface area contributed by atoms with Gasteiger partial charge in [-0.3, -0.25) is 4.79 Å². The summed E-state index contributed by atoms with van der Waals surface area (Å²) in [6.45, 7) is 6.77. The average molecular weight is 404 g/mol. The molecule has 1 aromatic heterocycles. The van der Waals surface area contributed by atoms with Crippen molar-refractivity contribution in [3.63, 3.8) is 0 Å². The molecule has 140 valence electrons. The van der Waals surface area contributed by atoms with Crippen LogP contribution in [0.25, 0.3) is 10.2 Å². The number of amides is 1. The van der Waals surface area contributed by atoms with E-state index in [0.29, 0.717) is 31.7 Å². The number of rotatable bonds is 2. The monoisotopic (exact) mass is 403 g/mol. The zero-order valence-corrected chi connectivity index (χ0v) is 16.7. The van der Waals surface area contributed by atoms with Crippen molar-refractivity contribution < 1.29 is 9.18 Å². The Balaban J connectivity index is 1.50. The lowest BCUT2D eigenvalue weighted by Gasteiger charge is -2.34. The van der Waals surface area contributed by atoms with Crippen molar-refractivity contribution in [3.05, 3.63) is 57.9 Å². The van der Waals surface area contributed by atoms with Crippen molar-refractivity contribution in [2.75, 3.05) is 31.1 Å². The minimum absolute atomic E-state index is 0.152. The maximum Gasteiger partial charge on any atom is 0.255 e. The lowest BCUT2D eigenvalue weighted by Crippen LogP contribution is -2.48. The summed E-state index contributed by atoms with van der Waals surface area (Å²) in [6, 6.07) is 8.12. The third kappa shape index (κ3) is 3.39. The molecule has 0 radical (unpaired) electrons. The highest BCUT2D eigenvalue weighted by Crippen LogP contribution is 2.33. The number of aryl methyl sites for hydroxylation is 2. The number of hydrogen-bond acceptors (Lipinski definition) is 4. The molecule has 3 aromatic rings. The van der Waals surface area contributed by atoms with E-state index in [4.69, 9.17) is 16.6 Å². The predicted molar refractivity (Wildman–Crippen MR) is 109 cm³/mol. The average Bonchev–Trinajstić information content (AvgIpc) is 3.11. The van der Waals surface area contributed by atoms with Gasteiger partial charge in [-0.1, -0.05) is 35.1 Å². The van der Waals surface area contributed by atoms with Crippen LogP contribution in [0.1, 0.15) is 21.5 Å². The fourth-order valence-electron chi connectivity index (χ4n) is 3.32. The van der Waals surface area contributed by atoms with Gasteiger partial charge in [0, 0.05) is 26.2 Å². The van der Waals surface area contributed by atoms with Crippen LogP contribution >= 0.6 is 22.9 Å². The summed E-state index contributed by atoms with van der Waals surface area (Å²) in [5, 5.41) is 1.15. The van der Waals surface area contributed by atoms with E-state index in [-0.39, 0.29) is 10.9 Å². The second kappa shape index (κ2) is 7.09. The molecular weight excluding hydrogens is 385 g/mol. The van der Waals surface area contributed by atoms with Crippen LogP contribution in [-0.2, 0) is 0 Å². The summed E-state index contributed by atoms with van der Waals surface area (Å²) in [5.74, 6) is -0.599. The van der Waals surface area contributed by atoms with Gasteiger partial charge in [-0.2, -0.15) is 0 Å². The number of piperazine rings is 1. The van der Waals surface area contributed by atoms with Gasteiger partial charge in [0.15, 0.2) is 5.13 Å². The number of carbonyl (C=O) groups excluding carboxylic acids is 1. The maximum absolute atomic E-state index is 13.2. The molecule has 0 unspecified atom stereocenters. The molecule has 27 heavy (non-hydrogen) atoms. The van der Waals surface area contributed by atoms with Gasteiger partial charge in [0.05, 0.1) is 20.8 Å². The van der Waals surface area contributed by atoms with E-state index in [1.165, 1.54) is 34.0 Å². The molecule has 1 amide bonds. The third-order valence-electron chi connectivity index (χ3n) is 4.93. The van der Waals surface area contributed by atoms with Gasteiger partial charge in [0.2, 0.25) is 0 Å². The Bertz CT molecular complexity index is 988. The molecule has 1 fully saturated rings. The van der Waals surface area contributed by atoms with Gasteiger partial charge in [0.25, 0.3) is 5.91 Å². The number of anilines is 1. The van der Waals surface area contributed by atoms with E-state index >= 15 is 0 Å². The molecular formula is C20H19ClFN3OS. The van der Waals surface area contributed by atoms with Crippen LogP contribution in [0.15, 0.2) is 30.3 Å². The van der Waals surface area contributed by atoms with Gasteiger partial charge in [-0.15, -0.1) is 0 Å². The second-order valence-corrected chi connectivity index (χ2v) is 8.16. The third-order valence-corrected chi connectivity index (χ3v) is 6.49. The number of aromatic nitrogens is 1. The molecule has 2 aromatic carbocycles. The number of thiazole rings is 1. The molecule has 0 N–H and O–H groups in total. The molecule has 4 rings (SSSR count). The van der Waals surface area contributed by atoms with Crippen LogP contribution in [0, 0.1) is 19.7 Å². The summed E-state index contributed by atoms with van der Waals surface area (Å²) >= 11 is 7.74. The Morgan fingerprint density at radius 3 is 2.48 bits per heavy atom. The van der Waals surface area contributed by atoms with Crippen molar-refractivity contribution in [1.82, 2.24) is 9.88 Å². The zero-order valence-electron chi connectivity index (χ0n) is 15.1. The molecule has 0 aliphatic carbocycles. The number of halogens is 2. The maximum atomic E-state index is 13.2. The predicted octanol–water partition coefficient (Wildman–Crippen LogP) is 4.67. The quantitative estimate of drug-likeness (QED) is 0.624. The fourth-order valence-corrected chi connectivity index (χ4v) is 4.73. The van der Waals surface area contributed by atoms with Crippen molar-refractivity contribution in [2.24, 2.45) is 0 Å². The van der Waals surface area contributed by atoms with E-state index in [9.17, 15) is 9.18 Å². The van der Waals surface area contributed by atoms with Crippen LogP contribution < -0.4 is 4.90 Å². The van der Waals surface area contributed by atoms with Crippen LogP contribution in [0.2, 0.25) is 5.02 Å². The van der Waals surface area contributed by atoms with Gasteiger partial charge < -0.3 is 9.80 Å². The zero-order chi connectivity index (χ0) is 19.1. The first-order valence-corrected chi connectivity index (χ1v) is 9.99. The number of carbonyl (C=O) groups is 1. The molecule has 1 saturated heterocycles. The molecule has 0 bridgehead atoms. The van der Waals surface area contributed by atoms with E-state index < -0.39 is 5.82 Å². The number of nitrogens with zero attached hydrogens (tertiary/aromatic N) is 3. The summed E-state index contributed by atoms with van der Waals surface area (Å²) in [5.41, 5.74) is 3.82. The first-order chi connectivity index (χ1) is 12.9. The summed E-state index contributed by atoms with van der Waals surface area (Å²) in [6.07, 6.45) is 0. The van der Waals surface area contributed by atoms with E-state index in [0.717, 1.165) is 10.6 Å². The van der Waals surface area contributed by atoms with Gasteiger partial charge >= 0.3 is 0 Å². The topological polar surface area (TPSA) is 36.4 Å². The Kier molecular flexibility index (Phi) is 4.78. The van der Waals surface area contributed by atoms with Crippen LogP contribution in [-0.4, -0.2) is 42.0 Å². The minimum atomic E-state index is -0.442. The Morgan fingerprint density at radius 2 is 1.81 bits per heavy atom. The highest BCUT2D eigenvalue weighted by atomic mass is 35.5. The van der Waals surface area contributed by atoms with Gasteiger partial charge in [0.1, 0.15) is 5.82 Å². The number of fused-ring (bicyclic) bond motifs is 1. The summed E-state index contributed by atoms with van der Waals surface area (Å²) < 4.78 is 14.4. The van der Waals surface area contributed by atoms with E-state index in [1.54, 1.807) is 16.2 Å².